The molecule has 54 valence electrons. The Morgan fingerprint density at radius 2 is 2.50 bits per heavy atom. The molecule has 0 saturated heterocycles. The van der Waals surface area contributed by atoms with Gasteiger partial charge in [-0.1, -0.05) is 15.9 Å². The molecule has 0 saturated carbocycles. The molecular formula is C6H5BrO3. The standard InChI is InChI=1S/C6H5BrO3/c7-4-1-2-10-5(3-4)6(8)9/h1-3,5H,(H,8,9). The van der Waals surface area contributed by atoms with Crippen molar-refractivity contribution < 1.29 is 14.6 Å². The van der Waals surface area contributed by atoms with E-state index in [0.29, 0.717) is 0 Å². The van der Waals surface area contributed by atoms with Gasteiger partial charge in [-0.25, -0.2) is 4.79 Å². The predicted octanol–water partition coefficient (Wildman–Crippen LogP) is 1.26. The van der Waals surface area contributed by atoms with Gasteiger partial charge in [0.25, 0.3) is 0 Å². The average molecular weight is 205 g/mol. The van der Waals surface area contributed by atoms with Gasteiger partial charge >= 0.3 is 5.97 Å². The first kappa shape index (κ1) is 7.34. The summed E-state index contributed by atoms with van der Waals surface area (Å²) in [6, 6.07) is 0. The summed E-state index contributed by atoms with van der Waals surface area (Å²) in [4.78, 5) is 10.3. The Balaban J connectivity index is 2.69. The van der Waals surface area contributed by atoms with Crippen LogP contribution in [0.2, 0.25) is 0 Å². The highest BCUT2D eigenvalue weighted by molar-refractivity contribution is 9.11. The van der Waals surface area contributed by atoms with Crippen LogP contribution < -0.4 is 0 Å². The second-order valence-corrected chi connectivity index (χ2v) is 2.66. The molecule has 10 heavy (non-hydrogen) atoms. The van der Waals surface area contributed by atoms with Gasteiger partial charge in [-0.3, -0.25) is 0 Å². The van der Waals surface area contributed by atoms with Crippen molar-refractivity contribution in [2.24, 2.45) is 0 Å². The molecule has 0 bridgehead atoms. The van der Waals surface area contributed by atoms with Crippen molar-refractivity contribution in [3.63, 3.8) is 0 Å². The van der Waals surface area contributed by atoms with E-state index >= 15 is 0 Å². The topological polar surface area (TPSA) is 46.5 Å². The molecule has 0 aromatic heterocycles. The Labute approximate surface area is 66.1 Å². The predicted molar refractivity (Wildman–Crippen MR) is 38.7 cm³/mol. The van der Waals surface area contributed by atoms with Crippen LogP contribution in [0.25, 0.3) is 0 Å². The van der Waals surface area contributed by atoms with Crippen molar-refractivity contribution >= 4 is 21.9 Å². The van der Waals surface area contributed by atoms with Crippen molar-refractivity contribution in [1.82, 2.24) is 0 Å². The van der Waals surface area contributed by atoms with Crippen LogP contribution in [-0.2, 0) is 9.53 Å². The molecule has 1 rings (SSSR count). The molecule has 1 aliphatic heterocycles. The van der Waals surface area contributed by atoms with E-state index in [1.165, 1.54) is 12.3 Å². The summed E-state index contributed by atoms with van der Waals surface area (Å²) >= 11 is 3.13. The van der Waals surface area contributed by atoms with Gasteiger partial charge in [-0.05, 0) is 12.2 Å². The van der Waals surface area contributed by atoms with E-state index in [2.05, 4.69) is 15.9 Å². The van der Waals surface area contributed by atoms with E-state index in [9.17, 15) is 4.79 Å². The molecule has 0 aromatic carbocycles. The Kier molecular flexibility index (Phi) is 2.11. The lowest BCUT2D eigenvalue weighted by atomic mass is 10.3. The Hall–Kier alpha value is -0.770. The van der Waals surface area contributed by atoms with E-state index in [4.69, 9.17) is 9.84 Å². The second-order valence-electron chi connectivity index (χ2n) is 1.75. The summed E-state index contributed by atoms with van der Waals surface area (Å²) in [7, 11) is 0. The largest absolute Gasteiger partial charge is 0.482 e. The van der Waals surface area contributed by atoms with Crippen molar-refractivity contribution in [2.75, 3.05) is 0 Å². The highest BCUT2D eigenvalue weighted by Crippen LogP contribution is 2.14. The van der Waals surface area contributed by atoms with Gasteiger partial charge in [0.1, 0.15) is 0 Å². The molecule has 0 amide bonds. The summed E-state index contributed by atoms with van der Waals surface area (Å²) in [5.74, 6) is -0.985. The highest BCUT2D eigenvalue weighted by Gasteiger charge is 2.16. The first-order chi connectivity index (χ1) is 4.70. The lowest BCUT2D eigenvalue weighted by Crippen LogP contribution is -2.20. The van der Waals surface area contributed by atoms with Crippen molar-refractivity contribution in [3.8, 4) is 0 Å². The Morgan fingerprint density at radius 1 is 1.80 bits per heavy atom. The van der Waals surface area contributed by atoms with Crippen molar-refractivity contribution in [1.29, 1.82) is 0 Å². The average Bonchev–Trinajstić information content (AvgIpc) is 1.88. The zero-order chi connectivity index (χ0) is 7.56. The fourth-order valence-corrected chi connectivity index (χ4v) is 0.906. The minimum Gasteiger partial charge on any atom is -0.482 e. The van der Waals surface area contributed by atoms with Crippen LogP contribution in [0.1, 0.15) is 0 Å². The lowest BCUT2D eigenvalue weighted by molar-refractivity contribution is -0.144. The number of carboxylic acid groups (broad SMARTS) is 1. The van der Waals surface area contributed by atoms with Gasteiger partial charge in [-0.15, -0.1) is 0 Å². The summed E-state index contributed by atoms with van der Waals surface area (Å²) in [5.41, 5.74) is 0. The van der Waals surface area contributed by atoms with Crippen LogP contribution in [0.3, 0.4) is 0 Å². The fourth-order valence-electron chi connectivity index (χ4n) is 0.558. The van der Waals surface area contributed by atoms with E-state index in [-0.39, 0.29) is 0 Å². The van der Waals surface area contributed by atoms with Crippen LogP contribution in [0, 0.1) is 0 Å². The summed E-state index contributed by atoms with van der Waals surface area (Å²) in [6.45, 7) is 0. The number of carboxylic acids is 1. The molecule has 0 radical (unpaired) electrons. The molecule has 1 heterocycles. The van der Waals surface area contributed by atoms with Gasteiger partial charge < -0.3 is 9.84 Å². The SMILES string of the molecule is O=C(O)C1C=C(Br)C=CO1. The Morgan fingerprint density at radius 3 is 2.90 bits per heavy atom. The third-order valence-electron chi connectivity index (χ3n) is 1.01. The van der Waals surface area contributed by atoms with Crippen LogP contribution in [0.4, 0.5) is 0 Å². The maximum absolute atomic E-state index is 10.3. The van der Waals surface area contributed by atoms with E-state index < -0.39 is 12.1 Å². The molecular weight excluding hydrogens is 200 g/mol. The third-order valence-corrected chi connectivity index (χ3v) is 1.54. The first-order valence-electron chi connectivity index (χ1n) is 2.62. The number of hydrogen-bond donors (Lipinski definition) is 1. The lowest BCUT2D eigenvalue weighted by Gasteiger charge is -2.10. The first-order valence-corrected chi connectivity index (χ1v) is 3.41. The van der Waals surface area contributed by atoms with Crippen molar-refractivity contribution in [2.45, 2.75) is 6.10 Å². The molecule has 1 atom stereocenters. The zero-order valence-corrected chi connectivity index (χ0v) is 6.54. The summed E-state index contributed by atoms with van der Waals surface area (Å²) in [6.07, 6.45) is 3.62. The number of hydrogen-bond acceptors (Lipinski definition) is 2. The maximum Gasteiger partial charge on any atom is 0.349 e. The minimum atomic E-state index is -0.985. The molecule has 1 aliphatic rings. The van der Waals surface area contributed by atoms with Crippen LogP contribution >= 0.6 is 15.9 Å². The molecule has 4 heteroatoms. The molecule has 1 N–H and O–H groups in total. The van der Waals surface area contributed by atoms with Crippen LogP contribution in [-0.4, -0.2) is 17.2 Å². The quantitative estimate of drug-likeness (QED) is 0.700. The molecule has 1 unspecified atom stereocenters. The van der Waals surface area contributed by atoms with E-state index in [0.717, 1.165) is 4.48 Å². The number of carbonyl (C=O) groups is 1. The number of aliphatic carboxylic acids is 1. The Bertz CT molecular complexity index is 207. The van der Waals surface area contributed by atoms with Crippen molar-refractivity contribution in [3.05, 3.63) is 22.9 Å². The van der Waals surface area contributed by atoms with Gasteiger partial charge in [0.15, 0.2) is 0 Å². The normalized spacial score (nSPS) is 23.3. The van der Waals surface area contributed by atoms with Gasteiger partial charge in [0.05, 0.1) is 6.26 Å². The number of ether oxygens (including phenoxy) is 1. The monoisotopic (exact) mass is 204 g/mol. The number of rotatable bonds is 1. The van der Waals surface area contributed by atoms with E-state index in [1.807, 2.05) is 0 Å². The zero-order valence-electron chi connectivity index (χ0n) is 4.95. The summed E-state index contributed by atoms with van der Waals surface area (Å²) in [5, 5.41) is 8.43. The number of allylic oxidation sites excluding steroid dienone is 2. The van der Waals surface area contributed by atoms with Gasteiger partial charge in [0, 0.05) is 4.48 Å². The maximum atomic E-state index is 10.3. The minimum absolute atomic E-state index is 0.728. The third kappa shape index (κ3) is 1.60. The van der Waals surface area contributed by atoms with E-state index in [1.54, 1.807) is 6.08 Å². The molecule has 0 aromatic rings. The smallest absolute Gasteiger partial charge is 0.349 e. The summed E-state index contributed by atoms with van der Waals surface area (Å²) < 4.78 is 5.45. The molecule has 0 spiro atoms. The van der Waals surface area contributed by atoms with Crippen LogP contribution in [0.15, 0.2) is 22.9 Å². The second kappa shape index (κ2) is 2.88. The highest BCUT2D eigenvalue weighted by atomic mass is 79.9. The molecule has 3 nitrogen and oxygen atoms in total. The van der Waals surface area contributed by atoms with Crippen LogP contribution in [0.5, 0.6) is 0 Å². The van der Waals surface area contributed by atoms with Gasteiger partial charge in [-0.2, -0.15) is 0 Å². The molecule has 0 fully saturated rings. The number of halogens is 1. The van der Waals surface area contributed by atoms with Gasteiger partial charge in [0.2, 0.25) is 6.10 Å². The molecule has 0 aliphatic carbocycles. The fraction of sp³-hybridized carbons (Fsp3) is 0.167.